The summed E-state index contributed by atoms with van der Waals surface area (Å²) in [5.74, 6) is -0.0667. The SMILES string of the molecule is CCC(CC)CCC(=O)O. The fourth-order valence-corrected chi connectivity index (χ4v) is 1.02. The Bertz CT molecular complexity index is 95.4. The average molecular weight is 144 g/mol. The molecule has 0 heterocycles. The van der Waals surface area contributed by atoms with E-state index in [4.69, 9.17) is 5.11 Å². The van der Waals surface area contributed by atoms with Crippen LogP contribution in [0.4, 0.5) is 0 Å². The molecule has 0 aromatic heterocycles. The molecule has 60 valence electrons. The van der Waals surface area contributed by atoms with Crippen molar-refractivity contribution in [2.45, 2.75) is 39.5 Å². The van der Waals surface area contributed by atoms with Gasteiger partial charge in [-0.3, -0.25) is 4.79 Å². The van der Waals surface area contributed by atoms with Gasteiger partial charge in [-0.2, -0.15) is 0 Å². The zero-order chi connectivity index (χ0) is 7.98. The highest BCUT2D eigenvalue weighted by atomic mass is 16.4. The minimum Gasteiger partial charge on any atom is -0.481 e. The summed E-state index contributed by atoms with van der Waals surface area (Å²) >= 11 is 0. The zero-order valence-electron chi connectivity index (χ0n) is 6.76. The maximum Gasteiger partial charge on any atom is 0.303 e. The molecule has 2 heteroatoms. The molecular weight excluding hydrogens is 128 g/mol. The van der Waals surface area contributed by atoms with Crippen LogP contribution < -0.4 is 0 Å². The van der Waals surface area contributed by atoms with Crippen LogP contribution in [0.5, 0.6) is 0 Å². The van der Waals surface area contributed by atoms with Gasteiger partial charge in [0.25, 0.3) is 0 Å². The van der Waals surface area contributed by atoms with Gasteiger partial charge in [-0.05, 0) is 12.3 Å². The third kappa shape index (κ3) is 4.36. The molecule has 0 amide bonds. The molecule has 0 aromatic rings. The van der Waals surface area contributed by atoms with Crippen LogP contribution in [0.1, 0.15) is 39.5 Å². The van der Waals surface area contributed by atoms with Gasteiger partial charge < -0.3 is 5.11 Å². The van der Waals surface area contributed by atoms with Crippen LogP contribution in [0, 0.1) is 5.92 Å². The van der Waals surface area contributed by atoms with E-state index in [9.17, 15) is 4.79 Å². The Morgan fingerprint density at radius 1 is 1.40 bits per heavy atom. The molecular formula is C8H16O2. The van der Waals surface area contributed by atoms with Gasteiger partial charge >= 0.3 is 5.97 Å². The molecule has 0 fully saturated rings. The maximum atomic E-state index is 10.1. The van der Waals surface area contributed by atoms with E-state index in [-0.39, 0.29) is 0 Å². The van der Waals surface area contributed by atoms with Crippen molar-refractivity contribution in [1.29, 1.82) is 0 Å². The van der Waals surface area contributed by atoms with Crippen molar-refractivity contribution in [3.63, 3.8) is 0 Å². The minimum atomic E-state index is -0.674. The second-order valence-corrected chi connectivity index (χ2v) is 2.61. The van der Waals surface area contributed by atoms with Crippen molar-refractivity contribution >= 4 is 5.97 Å². The van der Waals surface area contributed by atoms with Crippen molar-refractivity contribution in [2.75, 3.05) is 0 Å². The molecule has 0 aromatic carbocycles. The fraction of sp³-hybridized carbons (Fsp3) is 0.875. The molecule has 1 N–H and O–H groups in total. The lowest BCUT2D eigenvalue weighted by molar-refractivity contribution is -0.137. The minimum absolute atomic E-state index is 0.326. The lowest BCUT2D eigenvalue weighted by Crippen LogP contribution is -2.01. The zero-order valence-corrected chi connectivity index (χ0v) is 6.76. The number of carboxylic acid groups (broad SMARTS) is 1. The van der Waals surface area contributed by atoms with E-state index in [0.29, 0.717) is 12.3 Å². The van der Waals surface area contributed by atoms with Crippen LogP contribution in [0.3, 0.4) is 0 Å². The van der Waals surface area contributed by atoms with Crippen LogP contribution in [0.25, 0.3) is 0 Å². The summed E-state index contributed by atoms with van der Waals surface area (Å²) in [7, 11) is 0. The van der Waals surface area contributed by atoms with E-state index < -0.39 is 5.97 Å². The van der Waals surface area contributed by atoms with E-state index >= 15 is 0 Å². The first-order valence-electron chi connectivity index (χ1n) is 3.92. The van der Waals surface area contributed by atoms with Gasteiger partial charge in [-0.1, -0.05) is 26.7 Å². The van der Waals surface area contributed by atoms with Crippen LogP contribution in [-0.4, -0.2) is 11.1 Å². The van der Waals surface area contributed by atoms with Crippen LogP contribution in [-0.2, 0) is 4.79 Å². The first-order valence-corrected chi connectivity index (χ1v) is 3.92. The van der Waals surface area contributed by atoms with E-state index in [0.717, 1.165) is 19.3 Å². The highest BCUT2D eigenvalue weighted by molar-refractivity contribution is 5.66. The fourth-order valence-electron chi connectivity index (χ4n) is 1.02. The van der Waals surface area contributed by atoms with Crippen molar-refractivity contribution in [3.05, 3.63) is 0 Å². The van der Waals surface area contributed by atoms with E-state index in [1.165, 1.54) is 0 Å². The topological polar surface area (TPSA) is 37.3 Å². The first-order chi connectivity index (χ1) is 4.70. The molecule has 0 aliphatic rings. The summed E-state index contributed by atoms with van der Waals surface area (Å²) < 4.78 is 0. The monoisotopic (exact) mass is 144 g/mol. The van der Waals surface area contributed by atoms with Crippen molar-refractivity contribution < 1.29 is 9.90 Å². The van der Waals surface area contributed by atoms with Gasteiger partial charge in [0.2, 0.25) is 0 Å². The van der Waals surface area contributed by atoms with Crippen molar-refractivity contribution in [3.8, 4) is 0 Å². The third-order valence-electron chi connectivity index (χ3n) is 1.92. The molecule has 0 aliphatic heterocycles. The quantitative estimate of drug-likeness (QED) is 0.642. The number of carboxylic acids is 1. The Kier molecular flexibility index (Phi) is 4.99. The normalized spacial score (nSPS) is 10.3. The summed E-state index contributed by atoms with van der Waals surface area (Å²) in [6.07, 6.45) is 3.36. The number of carbonyl (C=O) groups is 1. The average Bonchev–Trinajstić information content (AvgIpc) is 1.90. The first kappa shape index (κ1) is 9.47. The molecule has 0 radical (unpaired) electrons. The molecule has 0 atom stereocenters. The maximum absolute atomic E-state index is 10.1. The molecule has 0 aliphatic carbocycles. The summed E-state index contributed by atoms with van der Waals surface area (Å²) in [5, 5.41) is 8.35. The van der Waals surface area contributed by atoms with Crippen molar-refractivity contribution in [2.24, 2.45) is 5.92 Å². The lowest BCUT2D eigenvalue weighted by atomic mass is 9.98. The third-order valence-corrected chi connectivity index (χ3v) is 1.92. The Morgan fingerprint density at radius 2 is 1.90 bits per heavy atom. The highest BCUT2D eigenvalue weighted by Crippen LogP contribution is 2.13. The van der Waals surface area contributed by atoms with Gasteiger partial charge in [-0.15, -0.1) is 0 Å². The predicted molar refractivity (Wildman–Crippen MR) is 40.9 cm³/mol. The van der Waals surface area contributed by atoms with Gasteiger partial charge in [-0.25, -0.2) is 0 Å². The molecule has 0 bridgehead atoms. The molecule has 0 unspecified atom stereocenters. The number of hydrogen-bond donors (Lipinski definition) is 1. The van der Waals surface area contributed by atoms with E-state index in [1.807, 2.05) is 0 Å². The Morgan fingerprint density at radius 3 is 2.20 bits per heavy atom. The van der Waals surface area contributed by atoms with E-state index in [1.54, 1.807) is 0 Å². The Labute approximate surface area is 62.2 Å². The van der Waals surface area contributed by atoms with Crippen LogP contribution in [0.2, 0.25) is 0 Å². The molecule has 2 nitrogen and oxygen atoms in total. The molecule has 0 saturated carbocycles. The Balaban J connectivity index is 3.34. The molecule has 10 heavy (non-hydrogen) atoms. The number of hydrogen-bond acceptors (Lipinski definition) is 1. The van der Waals surface area contributed by atoms with Crippen LogP contribution >= 0.6 is 0 Å². The van der Waals surface area contributed by atoms with Gasteiger partial charge in [0.15, 0.2) is 0 Å². The second-order valence-electron chi connectivity index (χ2n) is 2.61. The largest absolute Gasteiger partial charge is 0.481 e. The van der Waals surface area contributed by atoms with Gasteiger partial charge in [0, 0.05) is 6.42 Å². The van der Waals surface area contributed by atoms with Crippen molar-refractivity contribution in [1.82, 2.24) is 0 Å². The van der Waals surface area contributed by atoms with Gasteiger partial charge in [0.1, 0.15) is 0 Å². The van der Waals surface area contributed by atoms with Crippen LogP contribution in [0.15, 0.2) is 0 Å². The summed E-state index contributed by atoms with van der Waals surface area (Å²) in [4.78, 5) is 10.1. The molecule has 0 rings (SSSR count). The summed E-state index contributed by atoms with van der Waals surface area (Å²) in [6, 6.07) is 0. The van der Waals surface area contributed by atoms with E-state index in [2.05, 4.69) is 13.8 Å². The lowest BCUT2D eigenvalue weighted by Gasteiger charge is -2.08. The number of aliphatic carboxylic acids is 1. The highest BCUT2D eigenvalue weighted by Gasteiger charge is 2.05. The standard InChI is InChI=1S/C8H16O2/c1-3-7(4-2)5-6-8(9)10/h7H,3-6H2,1-2H3,(H,9,10). The number of rotatable bonds is 5. The Hall–Kier alpha value is -0.530. The molecule has 0 saturated heterocycles. The summed E-state index contributed by atoms with van der Waals surface area (Å²) in [6.45, 7) is 4.21. The smallest absolute Gasteiger partial charge is 0.303 e. The molecule has 0 spiro atoms. The van der Waals surface area contributed by atoms with Gasteiger partial charge in [0.05, 0.1) is 0 Å². The summed E-state index contributed by atoms with van der Waals surface area (Å²) in [5.41, 5.74) is 0. The second kappa shape index (κ2) is 5.27. The predicted octanol–water partition coefficient (Wildman–Crippen LogP) is 2.29.